The quantitative estimate of drug-likeness (QED) is 0.381. The van der Waals surface area contributed by atoms with Crippen LogP contribution in [0, 0.1) is 39.4 Å². The maximum atomic E-state index is 14.2. The molecule has 0 bridgehead atoms. The minimum atomic E-state index is -0.848. The van der Waals surface area contributed by atoms with E-state index in [1.807, 2.05) is 26.0 Å². The van der Waals surface area contributed by atoms with Crippen molar-refractivity contribution < 1.29 is 15.0 Å². The Kier molecular flexibility index (Phi) is 5.78. The number of carbonyl (C=O) groups is 1. The van der Waals surface area contributed by atoms with Gasteiger partial charge >= 0.3 is 0 Å². The number of rotatable bonds is 4. The molecule has 0 amide bonds. The van der Waals surface area contributed by atoms with Gasteiger partial charge in [-0.05, 0) is 81.0 Å². The number of Topliss-reactive ketones (excluding diaryl/α,β-unsaturated/α-hetero) is 1. The normalized spacial score (nSPS) is 46.2. The van der Waals surface area contributed by atoms with E-state index in [0.717, 1.165) is 37.7 Å². The highest BCUT2D eigenvalue weighted by Crippen LogP contribution is 2.74. The van der Waals surface area contributed by atoms with Crippen molar-refractivity contribution in [3.8, 4) is 0 Å². The highest BCUT2D eigenvalue weighted by Gasteiger charge is 2.71. The fraction of sp³-hybridized carbons (Fsp3) is 0.767. The number of hydrogen-bond donors (Lipinski definition) is 2. The minimum Gasteiger partial charge on any atom is -0.392 e. The van der Waals surface area contributed by atoms with Crippen molar-refractivity contribution in [1.82, 2.24) is 0 Å². The Morgan fingerprint density at radius 2 is 1.85 bits per heavy atom. The number of fused-ring (bicyclic) bond motifs is 5. The van der Waals surface area contributed by atoms with Crippen molar-refractivity contribution in [3.05, 3.63) is 36.0 Å². The van der Waals surface area contributed by atoms with E-state index in [1.54, 1.807) is 0 Å². The van der Waals surface area contributed by atoms with E-state index in [2.05, 4.69) is 47.3 Å². The molecule has 3 fully saturated rings. The molecule has 0 radical (unpaired) electrons. The first-order chi connectivity index (χ1) is 15.1. The van der Waals surface area contributed by atoms with E-state index in [9.17, 15) is 15.0 Å². The highest BCUT2D eigenvalue weighted by molar-refractivity contribution is 5.88. The Balaban J connectivity index is 1.73. The van der Waals surface area contributed by atoms with Crippen LogP contribution in [-0.4, -0.2) is 27.7 Å². The van der Waals surface area contributed by atoms with Crippen LogP contribution in [0.1, 0.15) is 93.4 Å². The molecule has 3 nitrogen and oxygen atoms in total. The molecule has 0 saturated heterocycles. The SMILES string of the molecule is C=C(C)/C=C/CC(C)(O)C1CCC2(C)C3CC=C4C(CCC(O)C4(C)C)C3(C)C(=O)CC12C. The molecule has 0 heterocycles. The van der Waals surface area contributed by atoms with Crippen LogP contribution in [0.2, 0.25) is 0 Å². The van der Waals surface area contributed by atoms with Gasteiger partial charge in [0.05, 0.1) is 11.7 Å². The smallest absolute Gasteiger partial charge is 0.140 e. The molecule has 3 saturated carbocycles. The van der Waals surface area contributed by atoms with Gasteiger partial charge in [0.2, 0.25) is 0 Å². The number of aliphatic hydroxyl groups is 2. The Morgan fingerprint density at radius 1 is 1.18 bits per heavy atom. The summed E-state index contributed by atoms with van der Waals surface area (Å²) in [5, 5.41) is 22.4. The molecule has 3 heteroatoms. The lowest BCUT2D eigenvalue weighted by molar-refractivity contribution is -0.179. The molecule has 4 rings (SSSR count). The number of allylic oxidation sites excluding steroid dienone is 3. The van der Waals surface area contributed by atoms with E-state index in [-0.39, 0.29) is 45.5 Å². The summed E-state index contributed by atoms with van der Waals surface area (Å²) in [6, 6.07) is 0. The van der Waals surface area contributed by atoms with Crippen LogP contribution in [0.5, 0.6) is 0 Å². The second kappa shape index (κ2) is 7.65. The van der Waals surface area contributed by atoms with Crippen molar-refractivity contribution >= 4 is 5.78 Å². The van der Waals surface area contributed by atoms with Crippen molar-refractivity contribution in [2.45, 2.75) is 105 Å². The number of carbonyl (C=O) groups excluding carboxylic acids is 1. The zero-order chi connectivity index (χ0) is 24.6. The average molecular weight is 455 g/mol. The van der Waals surface area contributed by atoms with Crippen molar-refractivity contribution in [1.29, 1.82) is 0 Å². The lowest BCUT2D eigenvalue weighted by Crippen LogP contribution is -2.64. The first-order valence-electron chi connectivity index (χ1n) is 13.1. The molecule has 0 aromatic rings. The Labute approximate surface area is 201 Å². The van der Waals surface area contributed by atoms with Crippen LogP contribution >= 0.6 is 0 Å². The standard InChI is InChI=1S/C30H46O3/c1-19(2)10-9-16-29(7,33)22-15-17-27(5)23-13-11-20-21(12-14-24(31)26(20,3)4)30(23,8)25(32)18-28(22,27)6/h9-11,21-24,31,33H,1,12-18H2,2-8H3/b10-9+. The summed E-state index contributed by atoms with van der Waals surface area (Å²) >= 11 is 0. The highest BCUT2D eigenvalue weighted by atomic mass is 16.3. The van der Waals surface area contributed by atoms with Gasteiger partial charge in [0.15, 0.2) is 0 Å². The van der Waals surface area contributed by atoms with Crippen LogP contribution in [0.3, 0.4) is 0 Å². The lowest BCUT2D eigenvalue weighted by Gasteiger charge is -2.65. The fourth-order valence-corrected chi connectivity index (χ4v) is 9.06. The molecule has 0 spiro atoms. The molecule has 184 valence electrons. The molecule has 8 atom stereocenters. The molecule has 4 aliphatic carbocycles. The van der Waals surface area contributed by atoms with E-state index in [0.29, 0.717) is 18.6 Å². The van der Waals surface area contributed by atoms with E-state index in [1.165, 1.54) is 5.57 Å². The van der Waals surface area contributed by atoms with E-state index >= 15 is 0 Å². The topological polar surface area (TPSA) is 57.5 Å². The van der Waals surface area contributed by atoms with Crippen molar-refractivity contribution in [3.63, 3.8) is 0 Å². The van der Waals surface area contributed by atoms with E-state index < -0.39 is 5.60 Å². The van der Waals surface area contributed by atoms with Gasteiger partial charge in [-0.3, -0.25) is 4.79 Å². The van der Waals surface area contributed by atoms with Crippen LogP contribution < -0.4 is 0 Å². The van der Waals surface area contributed by atoms with Gasteiger partial charge < -0.3 is 10.2 Å². The zero-order valence-corrected chi connectivity index (χ0v) is 22.0. The second-order valence-electron chi connectivity index (χ2n) is 13.4. The predicted molar refractivity (Wildman–Crippen MR) is 135 cm³/mol. The van der Waals surface area contributed by atoms with Crippen molar-refractivity contribution in [2.75, 3.05) is 0 Å². The fourth-order valence-electron chi connectivity index (χ4n) is 9.06. The number of hydrogen-bond acceptors (Lipinski definition) is 3. The molecule has 33 heavy (non-hydrogen) atoms. The van der Waals surface area contributed by atoms with Gasteiger partial charge in [-0.15, -0.1) is 0 Å². The molecule has 0 aromatic heterocycles. The largest absolute Gasteiger partial charge is 0.392 e. The lowest BCUT2D eigenvalue weighted by atomic mass is 9.38. The summed E-state index contributed by atoms with van der Waals surface area (Å²) in [5.74, 6) is 0.980. The average Bonchev–Trinajstić information content (AvgIpc) is 2.96. The second-order valence-corrected chi connectivity index (χ2v) is 13.4. The Morgan fingerprint density at radius 3 is 2.48 bits per heavy atom. The van der Waals surface area contributed by atoms with Gasteiger partial charge in [0.25, 0.3) is 0 Å². The molecule has 4 aliphatic rings. The van der Waals surface area contributed by atoms with Gasteiger partial charge in [0.1, 0.15) is 5.78 Å². The summed E-state index contributed by atoms with van der Waals surface area (Å²) in [6.07, 6.45) is 11.8. The monoisotopic (exact) mass is 454 g/mol. The van der Waals surface area contributed by atoms with Crippen LogP contribution in [0.15, 0.2) is 36.0 Å². The molecule has 0 aromatic carbocycles. The molecule has 2 N–H and O–H groups in total. The molecule has 8 unspecified atom stereocenters. The summed E-state index contributed by atoms with van der Waals surface area (Å²) in [7, 11) is 0. The van der Waals surface area contributed by atoms with Gasteiger partial charge in [-0.2, -0.15) is 0 Å². The number of aliphatic hydroxyl groups excluding tert-OH is 1. The zero-order valence-electron chi connectivity index (χ0n) is 22.0. The van der Waals surface area contributed by atoms with Gasteiger partial charge in [0, 0.05) is 17.3 Å². The third-order valence-electron chi connectivity index (χ3n) is 11.3. The Hall–Kier alpha value is -1.19. The summed E-state index contributed by atoms with van der Waals surface area (Å²) < 4.78 is 0. The van der Waals surface area contributed by atoms with Crippen molar-refractivity contribution in [2.24, 2.45) is 39.4 Å². The van der Waals surface area contributed by atoms with Gasteiger partial charge in [-0.1, -0.05) is 70.6 Å². The van der Waals surface area contributed by atoms with E-state index in [4.69, 9.17) is 0 Å². The number of ketones is 1. The predicted octanol–water partition coefficient (Wildman–Crippen LogP) is 6.40. The molecular weight excluding hydrogens is 408 g/mol. The Bertz CT molecular complexity index is 908. The maximum absolute atomic E-state index is 14.2. The summed E-state index contributed by atoms with van der Waals surface area (Å²) in [4.78, 5) is 14.2. The molecule has 0 aliphatic heterocycles. The van der Waals surface area contributed by atoms with Crippen LogP contribution in [0.4, 0.5) is 0 Å². The first-order valence-corrected chi connectivity index (χ1v) is 13.1. The third-order valence-corrected chi connectivity index (χ3v) is 11.3. The molecular formula is C30H46O3. The van der Waals surface area contributed by atoms with Crippen LogP contribution in [-0.2, 0) is 4.79 Å². The summed E-state index contributed by atoms with van der Waals surface area (Å²) in [6.45, 7) is 19.2. The maximum Gasteiger partial charge on any atom is 0.140 e. The first kappa shape index (κ1) is 24.9. The third kappa shape index (κ3) is 3.32. The summed E-state index contributed by atoms with van der Waals surface area (Å²) in [5.41, 5.74) is 0.592. The van der Waals surface area contributed by atoms with Gasteiger partial charge in [-0.25, -0.2) is 0 Å². The minimum absolute atomic E-state index is 0.00458. The van der Waals surface area contributed by atoms with Crippen LogP contribution in [0.25, 0.3) is 0 Å².